The van der Waals surface area contributed by atoms with Gasteiger partial charge in [0.2, 0.25) is 0 Å². The van der Waals surface area contributed by atoms with E-state index in [0.29, 0.717) is 0 Å². The van der Waals surface area contributed by atoms with E-state index in [2.05, 4.69) is 36.4 Å². The molecule has 0 spiro atoms. The molecular weight excluding hydrogens is 324 g/mol. The van der Waals surface area contributed by atoms with E-state index in [1.807, 2.05) is 12.1 Å². The van der Waals surface area contributed by atoms with E-state index < -0.39 is 0 Å². The lowest BCUT2D eigenvalue weighted by Gasteiger charge is -2.21. The first-order valence-corrected chi connectivity index (χ1v) is 9.40. The molecule has 0 bridgehead atoms. The van der Waals surface area contributed by atoms with Gasteiger partial charge in [0.05, 0.1) is 13.7 Å². The fourth-order valence-electron chi connectivity index (χ4n) is 3.14. The van der Waals surface area contributed by atoms with Crippen LogP contribution in [-0.4, -0.2) is 27.4 Å². The van der Waals surface area contributed by atoms with E-state index in [1.165, 1.54) is 28.7 Å². The Balaban J connectivity index is 1.60. The third-order valence-electron chi connectivity index (χ3n) is 4.83. The highest BCUT2D eigenvalue weighted by molar-refractivity contribution is 5.70. The second-order valence-corrected chi connectivity index (χ2v) is 6.64. The Labute approximate surface area is 156 Å². The molecule has 0 amide bonds. The molecule has 138 valence electrons. The first kappa shape index (κ1) is 18.5. The number of allylic oxidation sites excluding steroid dienone is 1. The normalized spacial score (nSPS) is 13.2. The van der Waals surface area contributed by atoms with Crippen LogP contribution >= 0.6 is 0 Å². The van der Waals surface area contributed by atoms with Crippen molar-refractivity contribution < 1.29 is 14.2 Å². The third kappa shape index (κ3) is 4.67. The van der Waals surface area contributed by atoms with Gasteiger partial charge in [-0.1, -0.05) is 36.4 Å². The molecule has 1 aliphatic carbocycles. The molecule has 3 rings (SSSR count). The molecule has 1 fully saturated rings. The lowest BCUT2D eigenvalue weighted by atomic mass is 9.89. The fourth-order valence-corrected chi connectivity index (χ4v) is 3.14. The molecule has 0 aromatic heterocycles. The molecule has 0 aliphatic heterocycles. The Morgan fingerprint density at radius 2 is 1.42 bits per heavy atom. The highest BCUT2D eigenvalue weighted by atomic mass is 16.5. The van der Waals surface area contributed by atoms with Gasteiger partial charge in [0.25, 0.3) is 0 Å². The van der Waals surface area contributed by atoms with Crippen molar-refractivity contribution in [1.82, 2.24) is 0 Å². The average Bonchev–Trinajstić information content (AvgIpc) is 2.65. The zero-order valence-corrected chi connectivity index (χ0v) is 15.8. The van der Waals surface area contributed by atoms with Crippen molar-refractivity contribution in [2.75, 3.05) is 27.4 Å². The molecule has 1 aliphatic rings. The molecule has 2 aromatic rings. The van der Waals surface area contributed by atoms with E-state index >= 15 is 0 Å². The summed E-state index contributed by atoms with van der Waals surface area (Å²) in [4.78, 5) is 0. The van der Waals surface area contributed by atoms with Gasteiger partial charge < -0.3 is 14.2 Å². The Hall–Kier alpha value is -2.26. The maximum absolute atomic E-state index is 5.78. The molecule has 0 radical (unpaired) electrons. The molecule has 26 heavy (non-hydrogen) atoms. The van der Waals surface area contributed by atoms with Crippen LogP contribution in [0.2, 0.25) is 0 Å². The smallest absolute Gasteiger partial charge is 0.125 e. The van der Waals surface area contributed by atoms with Crippen molar-refractivity contribution in [3.05, 3.63) is 59.7 Å². The highest BCUT2D eigenvalue weighted by Crippen LogP contribution is 2.34. The second-order valence-electron chi connectivity index (χ2n) is 6.64. The molecule has 1 saturated carbocycles. The van der Waals surface area contributed by atoms with Crippen LogP contribution in [0.4, 0.5) is 0 Å². The minimum absolute atomic E-state index is 0.728. The van der Waals surface area contributed by atoms with Gasteiger partial charge in [0, 0.05) is 19.3 Å². The largest absolute Gasteiger partial charge is 0.496 e. The summed E-state index contributed by atoms with van der Waals surface area (Å²) in [6.45, 7) is 1.52. The SMILES string of the molecule is COCCCCOc1ccc(-c2ccc(C(OC)=C3CCC3)cc2)cc1. The average molecular weight is 352 g/mol. The van der Waals surface area contributed by atoms with E-state index in [-0.39, 0.29) is 0 Å². The minimum Gasteiger partial charge on any atom is -0.496 e. The maximum atomic E-state index is 5.78. The summed E-state index contributed by atoms with van der Waals surface area (Å²) in [5.41, 5.74) is 5.00. The number of hydrogen-bond donors (Lipinski definition) is 0. The van der Waals surface area contributed by atoms with Crippen molar-refractivity contribution in [1.29, 1.82) is 0 Å². The van der Waals surface area contributed by atoms with Crippen LogP contribution in [-0.2, 0) is 9.47 Å². The first-order chi connectivity index (χ1) is 12.8. The monoisotopic (exact) mass is 352 g/mol. The Bertz CT molecular complexity index is 708. The molecule has 0 saturated heterocycles. The fraction of sp³-hybridized carbons (Fsp3) is 0.391. The Morgan fingerprint density at radius 3 is 1.96 bits per heavy atom. The van der Waals surface area contributed by atoms with Crippen LogP contribution in [0.1, 0.15) is 37.7 Å². The molecule has 0 unspecified atom stereocenters. The number of methoxy groups -OCH3 is 2. The van der Waals surface area contributed by atoms with E-state index in [4.69, 9.17) is 14.2 Å². The zero-order chi connectivity index (χ0) is 18.2. The summed E-state index contributed by atoms with van der Waals surface area (Å²) >= 11 is 0. The van der Waals surface area contributed by atoms with E-state index in [0.717, 1.165) is 50.4 Å². The first-order valence-electron chi connectivity index (χ1n) is 9.40. The summed E-state index contributed by atoms with van der Waals surface area (Å²) in [7, 11) is 3.50. The summed E-state index contributed by atoms with van der Waals surface area (Å²) < 4.78 is 16.4. The third-order valence-corrected chi connectivity index (χ3v) is 4.83. The van der Waals surface area contributed by atoms with E-state index in [9.17, 15) is 0 Å². The second kappa shape index (κ2) is 9.44. The lowest BCUT2D eigenvalue weighted by molar-refractivity contribution is 0.184. The van der Waals surface area contributed by atoms with Crippen LogP contribution in [0.5, 0.6) is 5.75 Å². The Morgan fingerprint density at radius 1 is 0.808 bits per heavy atom. The molecular formula is C23H28O3. The summed E-state index contributed by atoms with van der Waals surface area (Å²) in [5, 5.41) is 0. The molecule has 0 atom stereocenters. The molecule has 0 heterocycles. The number of unbranched alkanes of at least 4 members (excludes halogenated alkanes) is 1. The van der Waals surface area contributed by atoms with Crippen LogP contribution in [0, 0.1) is 0 Å². The predicted octanol–water partition coefficient (Wildman–Crippen LogP) is 5.70. The quantitative estimate of drug-likeness (QED) is 0.428. The maximum Gasteiger partial charge on any atom is 0.125 e. The molecule has 3 nitrogen and oxygen atoms in total. The van der Waals surface area contributed by atoms with Gasteiger partial charge in [-0.2, -0.15) is 0 Å². The van der Waals surface area contributed by atoms with Crippen molar-refractivity contribution in [2.45, 2.75) is 32.1 Å². The highest BCUT2D eigenvalue weighted by Gasteiger charge is 2.16. The topological polar surface area (TPSA) is 27.7 Å². The van der Waals surface area contributed by atoms with Gasteiger partial charge in [-0.15, -0.1) is 0 Å². The lowest BCUT2D eigenvalue weighted by Crippen LogP contribution is -2.03. The zero-order valence-electron chi connectivity index (χ0n) is 15.8. The predicted molar refractivity (Wildman–Crippen MR) is 106 cm³/mol. The summed E-state index contributed by atoms with van der Waals surface area (Å²) in [6.07, 6.45) is 5.64. The number of benzene rings is 2. The van der Waals surface area contributed by atoms with Gasteiger partial charge in [0.15, 0.2) is 0 Å². The van der Waals surface area contributed by atoms with Gasteiger partial charge in [-0.05, 0) is 60.9 Å². The molecule has 3 heteroatoms. The number of rotatable bonds is 9. The standard InChI is InChI=1S/C23H28O3/c1-24-16-3-4-17-26-22-14-12-19(13-15-22)18-8-10-21(11-9-18)23(25-2)20-6-5-7-20/h8-15H,3-7,16-17H2,1-2H3. The van der Waals surface area contributed by atoms with Crippen LogP contribution in [0.25, 0.3) is 16.9 Å². The van der Waals surface area contributed by atoms with Crippen LogP contribution in [0.15, 0.2) is 54.1 Å². The van der Waals surface area contributed by atoms with Crippen molar-refractivity contribution >= 4 is 5.76 Å². The van der Waals surface area contributed by atoms with Crippen molar-refractivity contribution in [3.8, 4) is 16.9 Å². The number of ether oxygens (including phenoxy) is 3. The van der Waals surface area contributed by atoms with Crippen molar-refractivity contribution in [3.63, 3.8) is 0 Å². The van der Waals surface area contributed by atoms with Gasteiger partial charge in [-0.25, -0.2) is 0 Å². The van der Waals surface area contributed by atoms with E-state index in [1.54, 1.807) is 14.2 Å². The minimum atomic E-state index is 0.728. The van der Waals surface area contributed by atoms with Crippen LogP contribution < -0.4 is 4.74 Å². The summed E-state index contributed by atoms with van der Waals surface area (Å²) in [6, 6.07) is 16.9. The molecule has 2 aromatic carbocycles. The van der Waals surface area contributed by atoms with Gasteiger partial charge in [0.1, 0.15) is 11.5 Å². The van der Waals surface area contributed by atoms with Gasteiger partial charge in [-0.3, -0.25) is 0 Å². The van der Waals surface area contributed by atoms with Crippen LogP contribution in [0.3, 0.4) is 0 Å². The molecule has 0 N–H and O–H groups in total. The number of hydrogen-bond acceptors (Lipinski definition) is 3. The summed E-state index contributed by atoms with van der Waals surface area (Å²) in [5.74, 6) is 1.97. The van der Waals surface area contributed by atoms with Gasteiger partial charge >= 0.3 is 0 Å². The Kier molecular flexibility index (Phi) is 6.73. The van der Waals surface area contributed by atoms with Crippen molar-refractivity contribution in [2.24, 2.45) is 0 Å².